The second-order valence-electron chi connectivity index (χ2n) is 7.94. The van der Waals surface area contributed by atoms with E-state index in [4.69, 9.17) is 4.42 Å². The van der Waals surface area contributed by atoms with Crippen LogP contribution in [0, 0.1) is 22.7 Å². The summed E-state index contributed by atoms with van der Waals surface area (Å²) in [5.41, 5.74) is 1.07. The van der Waals surface area contributed by atoms with Crippen LogP contribution in [0.25, 0.3) is 0 Å². The fraction of sp³-hybridized carbons (Fsp3) is 0.650. The molecule has 0 aliphatic heterocycles. The lowest BCUT2D eigenvalue weighted by Gasteiger charge is -2.58. The van der Waals surface area contributed by atoms with E-state index in [0.717, 1.165) is 38.5 Å². The van der Waals surface area contributed by atoms with Crippen LogP contribution in [0.1, 0.15) is 51.5 Å². The van der Waals surface area contributed by atoms with E-state index in [0.29, 0.717) is 11.5 Å². The summed E-state index contributed by atoms with van der Waals surface area (Å²) in [5.74, 6) is -0.135. The van der Waals surface area contributed by atoms with Gasteiger partial charge in [-0.1, -0.05) is 19.9 Å². The third-order valence-electron chi connectivity index (χ3n) is 7.00. The summed E-state index contributed by atoms with van der Waals surface area (Å²) in [6.07, 6.45) is 10.8. The monoisotopic (exact) mass is 332 g/mol. The predicted molar refractivity (Wildman–Crippen MR) is 91.5 cm³/mol. The average Bonchev–Trinajstić information content (AvgIpc) is 3.09. The molecular formula is C20H28O4. The van der Waals surface area contributed by atoms with Crippen molar-refractivity contribution in [3.05, 3.63) is 35.8 Å². The Balaban J connectivity index is 1.93. The lowest BCUT2D eigenvalue weighted by molar-refractivity contribution is -0.139. The van der Waals surface area contributed by atoms with E-state index in [-0.39, 0.29) is 17.9 Å². The number of hydrogen-bond acceptors (Lipinski definition) is 3. The molecule has 0 radical (unpaired) electrons. The molecule has 4 atom stereocenters. The van der Waals surface area contributed by atoms with Crippen LogP contribution in [0.2, 0.25) is 0 Å². The van der Waals surface area contributed by atoms with Gasteiger partial charge >= 0.3 is 5.97 Å². The zero-order valence-corrected chi connectivity index (χ0v) is 14.6. The highest BCUT2D eigenvalue weighted by molar-refractivity contribution is 5.88. The Morgan fingerprint density at radius 2 is 2.21 bits per heavy atom. The van der Waals surface area contributed by atoms with Crippen LogP contribution in [-0.4, -0.2) is 22.8 Å². The first-order chi connectivity index (χ1) is 11.4. The molecule has 1 aromatic rings. The first-order valence-corrected chi connectivity index (χ1v) is 9.00. The predicted octanol–water partition coefficient (Wildman–Crippen LogP) is 4.05. The Labute approximate surface area is 143 Å². The van der Waals surface area contributed by atoms with Crippen molar-refractivity contribution >= 4 is 5.97 Å². The third-order valence-corrected chi connectivity index (χ3v) is 7.00. The molecule has 4 heteroatoms. The molecule has 2 aliphatic carbocycles. The number of aliphatic hydroxyl groups is 1. The van der Waals surface area contributed by atoms with Gasteiger partial charge in [0.15, 0.2) is 0 Å². The number of carboxylic acid groups (broad SMARTS) is 1. The number of aliphatic hydroxyl groups excluding tert-OH is 1. The Hall–Kier alpha value is -1.55. The minimum absolute atomic E-state index is 0.0210. The fourth-order valence-corrected chi connectivity index (χ4v) is 5.32. The summed E-state index contributed by atoms with van der Waals surface area (Å²) in [5, 5.41) is 19.9. The summed E-state index contributed by atoms with van der Waals surface area (Å²) in [7, 11) is 0. The van der Waals surface area contributed by atoms with E-state index in [1.165, 1.54) is 5.56 Å². The van der Waals surface area contributed by atoms with Crippen molar-refractivity contribution in [1.29, 1.82) is 0 Å². The molecule has 3 rings (SSSR count). The van der Waals surface area contributed by atoms with Crippen LogP contribution in [0.5, 0.6) is 0 Å². The van der Waals surface area contributed by atoms with E-state index < -0.39 is 11.4 Å². The lowest BCUT2D eigenvalue weighted by atomic mass is 9.46. The van der Waals surface area contributed by atoms with E-state index in [9.17, 15) is 15.0 Å². The van der Waals surface area contributed by atoms with Gasteiger partial charge in [0, 0.05) is 11.0 Å². The minimum Gasteiger partial charge on any atom is -0.478 e. The zero-order chi connectivity index (χ0) is 17.4. The highest BCUT2D eigenvalue weighted by atomic mass is 16.4. The van der Waals surface area contributed by atoms with Crippen molar-refractivity contribution in [3.8, 4) is 0 Å². The number of rotatable bonds is 5. The van der Waals surface area contributed by atoms with Crippen molar-refractivity contribution in [2.24, 2.45) is 22.7 Å². The van der Waals surface area contributed by atoms with E-state index in [2.05, 4.69) is 13.8 Å². The second kappa shape index (κ2) is 6.40. The molecule has 0 bridgehead atoms. The van der Waals surface area contributed by atoms with Gasteiger partial charge in [0.05, 0.1) is 19.1 Å². The van der Waals surface area contributed by atoms with Gasteiger partial charge < -0.3 is 14.6 Å². The maximum atomic E-state index is 11.8. The Morgan fingerprint density at radius 1 is 1.42 bits per heavy atom. The molecule has 0 spiro atoms. The molecule has 1 aromatic heterocycles. The molecule has 2 N–H and O–H groups in total. The zero-order valence-electron chi connectivity index (χ0n) is 14.6. The average molecular weight is 332 g/mol. The number of fused-ring (bicyclic) bond motifs is 1. The molecule has 4 nitrogen and oxygen atoms in total. The first kappa shape index (κ1) is 17.3. The lowest BCUT2D eigenvalue weighted by Crippen LogP contribution is -2.54. The molecule has 0 aromatic carbocycles. The van der Waals surface area contributed by atoms with Crippen molar-refractivity contribution in [1.82, 2.24) is 0 Å². The number of aryl methyl sites for hydroxylation is 1. The third kappa shape index (κ3) is 2.61. The Bertz CT molecular complexity index is 618. The van der Waals surface area contributed by atoms with Gasteiger partial charge in [-0.25, -0.2) is 4.79 Å². The van der Waals surface area contributed by atoms with Gasteiger partial charge in [-0.05, 0) is 67.4 Å². The van der Waals surface area contributed by atoms with Crippen molar-refractivity contribution in [2.75, 3.05) is 6.61 Å². The number of carboxylic acids is 1. The maximum absolute atomic E-state index is 11.8. The molecule has 0 saturated heterocycles. The van der Waals surface area contributed by atoms with Crippen LogP contribution in [-0.2, 0) is 11.2 Å². The summed E-state index contributed by atoms with van der Waals surface area (Å²) < 4.78 is 5.18. The van der Waals surface area contributed by atoms with Gasteiger partial charge in [0.2, 0.25) is 0 Å². The standard InChI is InChI=1S/C20H28O4/c1-14-6-10-20(13-21)16(18(22)23)4-3-5-17(20)19(14,2)9-7-15-8-11-24-12-15/h4,8,11-12,14,17,21H,3,5-7,9-10,13H2,1-2H3,(H,22,23)/t14-,17-,19+,20+/m1/s1. The van der Waals surface area contributed by atoms with Gasteiger partial charge in [-0.15, -0.1) is 0 Å². The summed E-state index contributed by atoms with van der Waals surface area (Å²) in [6, 6.07) is 2.00. The second-order valence-corrected chi connectivity index (χ2v) is 7.94. The summed E-state index contributed by atoms with van der Waals surface area (Å²) in [6.45, 7) is 4.52. The fourth-order valence-electron chi connectivity index (χ4n) is 5.32. The molecular weight excluding hydrogens is 304 g/mol. The van der Waals surface area contributed by atoms with Crippen LogP contribution in [0.3, 0.4) is 0 Å². The largest absolute Gasteiger partial charge is 0.478 e. The van der Waals surface area contributed by atoms with Crippen molar-refractivity contribution < 1.29 is 19.4 Å². The Kier molecular flexibility index (Phi) is 4.60. The number of hydrogen-bond donors (Lipinski definition) is 2. The molecule has 132 valence electrons. The number of carbonyl (C=O) groups is 1. The molecule has 1 saturated carbocycles. The highest BCUT2D eigenvalue weighted by Gasteiger charge is 2.57. The van der Waals surface area contributed by atoms with Gasteiger partial charge in [0.25, 0.3) is 0 Å². The highest BCUT2D eigenvalue weighted by Crippen LogP contribution is 2.61. The number of aliphatic carboxylic acids is 1. The van der Waals surface area contributed by atoms with E-state index in [1.54, 1.807) is 12.5 Å². The first-order valence-electron chi connectivity index (χ1n) is 9.00. The molecule has 1 fully saturated rings. The quantitative estimate of drug-likeness (QED) is 0.853. The van der Waals surface area contributed by atoms with Crippen LogP contribution >= 0.6 is 0 Å². The van der Waals surface area contributed by atoms with Crippen molar-refractivity contribution in [3.63, 3.8) is 0 Å². The van der Waals surface area contributed by atoms with Crippen LogP contribution in [0.15, 0.2) is 34.7 Å². The van der Waals surface area contributed by atoms with Crippen LogP contribution in [0.4, 0.5) is 0 Å². The van der Waals surface area contributed by atoms with Crippen molar-refractivity contribution in [2.45, 2.75) is 52.4 Å². The number of furan rings is 1. The van der Waals surface area contributed by atoms with E-state index >= 15 is 0 Å². The summed E-state index contributed by atoms with van der Waals surface area (Å²) >= 11 is 0. The SMILES string of the molecule is C[C@@H]1CC[C@]2(CO)C(C(=O)O)=CCC[C@@H]2[C@@]1(C)CCc1ccoc1. The van der Waals surface area contributed by atoms with E-state index in [1.807, 2.05) is 12.1 Å². The molecule has 0 amide bonds. The molecule has 2 aliphatic rings. The maximum Gasteiger partial charge on any atom is 0.331 e. The normalized spacial score (nSPS) is 36.0. The molecule has 0 unspecified atom stereocenters. The van der Waals surface area contributed by atoms with Gasteiger partial charge in [-0.2, -0.15) is 0 Å². The topological polar surface area (TPSA) is 70.7 Å². The smallest absolute Gasteiger partial charge is 0.331 e. The summed E-state index contributed by atoms with van der Waals surface area (Å²) in [4.78, 5) is 11.8. The Morgan fingerprint density at radius 3 is 2.83 bits per heavy atom. The van der Waals surface area contributed by atoms with Gasteiger partial charge in [-0.3, -0.25) is 0 Å². The molecule has 1 heterocycles. The number of allylic oxidation sites excluding steroid dienone is 1. The van der Waals surface area contributed by atoms with Gasteiger partial charge in [0.1, 0.15) is 0 Å². The van der Waals surface area contributed by atoms with Crippen LogP contribution < -0.4 is 0 Å². The minimum atomic E-state index is -0.861. The molecule has 24 heavy (non-hydrogen) atoms.